The molecule has 0 radical (unpaired) electrons. The van der Waals surface area contributed by atoms with Crippen molar-refractivity contribution in [2.24, 2.45) is 11.7 Å². The molecular formula is C13H16ClNO4. The van der Waals surface area contributed by atoms with E-state index in [9.17, 15) is 4.79 Å². The van der Waals surface area contributed by atoms with Gasteiger partial charge in [0.2, 0.25) is 0 Å². The van der Waals surface area contributed by atoms with E-state index in [4.69, 9.17) is 31.9 Å². The zero-order valence-corrected chi connectivity index (χ0v) is 11.3. The Kier molecular flexibility index (Phi) is 4.17. The Labute approximate surface area is 116 Å². The molecule has 0 heterocycles. The molecule has 1 fully saturated rings. The minimum Gasteiger partial charge on any atom is -0.493 e. The van der Waals surface area contributed by atoms with Crippen LogP contribution in [0.25, 0.3) is 0 Å². The summed E-state index contributed by atoms with van der Waals surface area (Å²) in [6.45, 7) is 0.598. The number of carboxylic acid groups (broad SMARTS) is 1. The maximum Gasteiger partial charge on any atom is 0.325 e. The van der Waals surface area contributed by atoms with Gasteiger partial charge in [0.1, 0.15) is 6.04 Å². The normalized spacial score (nSPS) is 15.9. The van der Waals surface area contributed by atoms with Gasteiger partial charge in [0, 0.05) is 0 Å². The number of rotatable bonds is 6. The Morgan fingerprint density at radius 1 is 1.58 bits per heavy atom. The van der Waals surface area contributed by atoms with Crippen molar-refractivity contribution >= 4 is 17.6 Å². The summed E-state index contributed by atoms with van der Waals surface area (Å²) in [7, 11) is 1.48. The van der Waals surface area contributed by atoms with Gasteiger partial charge in [-0.25, -0.2) is 0 Å². The van der Waals surface area contributed by atoms with Gasteiger partial charge >= 0.3 is 5.97 Å². The number of benzene rings is 1. The van der Waals surface area contributed by atoms with E-state index in [1.165, 1.54) is 26.0 Å². The Balaban J connectivity index is 2.25. The van der Waals surface area contributed by atoms with Crippen molar-refractivity contribution in [2.45, 2.75) is 18.9 Å². The second-order valence-corrected chi connectivity index (χ2v) is 5.01. The molecule has 0 bridgehead atoms. The van der Waals surface area contributed by atoms with Gasteiger partial charge in [-0.1, -0.05) is 11.6 Å². The number of hydrogen-bond donors (Lipinski definition) is 2. The van der Waals surface area contributed by atoms with E-state index in [1.54, 1.807) is 6.07 Å². The summed E-state index contributed by atoms with van der Waals surface area (Å²) in [4.78, 5) is 10.9. The molecule has 1 unspecified atom stereocenters. The first-order chi connectivity index (χ1) is 9.02. The van der Waals surface area contributed by atoms with E-state index in [0.717, 1.165) is 0 Å². The summed E-state index contributed by atoms with van der Waals surface area (Å²) in [5.41, 5.74) is 5.94. The van der Waals surface area contributed by atoms with E-state index in [0.29, 0.717) is 34.6 Å². The number of methoxy groups -OCH3 is 1. The lowest BCUT2D eigenvalue weighted by molar-refractivity contribution is -0.138. The number of hydrogen-bond acceptors (Lipinski definition) is 4. The van der Waals surface area contributed by atoms with E-state index in [-0.39, 0.29) is 0 Å². The number of nitrogens with two attached hydrogens (primary N) is 1. The number of carbonyl (C=O) groups is 1. The average molecular weight is 286 g/mol. The predicted molar refractivity (Wildman–Crippen MR) is 70.8 cm³/mol. The monoisotopic (exact) mass is 285 g/mol. The molecule has 1 saturated carbocycles. The Hall–Kier alpha value is -1.46. The van der Waals surface area contributed by atoms with Crippen LogP contribution in [-0.4, -0.2) is 24.8 Å². The summed E-state index contributed by atoms with van der Waals surface area (Å²) in [5.74, 6) is 0.309. The highest BCUT2D eigenvalue weighted by molar-refractivity contribution is 6.32. The van der Waals surface area contributed by atoms with Crippen LogP contribution in [0.3, 0.4) is 0 Å². The molecule has 2 rings (SSSR count). The molecule has 1 aromatic carbocycles. The molecule has 0 aliphatic heterocycles. The van der Waals surface area contributed by atoms with Gasteiger partial charge in [-0.2, -0.15) is 0 Å². The van der Waals surface area contributed by atoms with E-state index >= 15 is 0 Å². The van der Waals surface area contributed by atoms with Gasteiger partial charge in [-0.3, -0.25) is 4.79 Å². The van der Waals surface area contributed by atoms with Crippen LogP contribution in [0.15, 0.2) is 12.1 Å². The molecule has 0 amide bonds. The van der Waals surface area contributed by atoms with Gasteiger partial charge in [-0.15, -0.1) is 0 Å². The minimum atomic E-state index is -1.14. The third-order valence-corrected chi connectivity index (χ3v) is 3.32. The van der Waals surface area contributed by atoms with E-state index < -0.39 is 12.0 Å². The smallest absolute Gasteiger partial charge is 0.325 e. The van der Waals surface area contributed by atoms with Crippen molar-refractivity contribution in [1.29, 1.82) is 0 Å². The summed E-state index contributed by atoms with van der Waals surface area (Å²) in [5, 5.41) is 9.22. The van der Waals surface area contributed by atoms with Gasteiger partial charge < -0.3 is 20.3 Å². The molecule has 104 valence electrons. The fraction of sp³-hybridized carbons (Fsp3) is 0.462. The van der Waals surface area contributed by atoms with Crippen LogP contribution in [-0.2, 0) is 4.79 Å². The molecule has 0 spiro atoms. The maximum absolute atomic E-state index is 10.9. The molecule has 1 aromatic rings. The van der Waals surface area contributed by atoms with Crippen molar-refractivity contribution in [1.82, 2.24) is 0 Å². The molecule has 3 N–H and O–H groups in total. The molecule has 0 aromatic heterocycles. The summed E-state index contributed by atoms with van der Waals surface area (Å²) in [6.07, 6.45) is 2.34. The topological polar surface area (TPSA) is 81.8 Å². The fourth-order valence-electron chi connectivity index (χ4n) is 1.69. The Bertz CT molecular complexity index is 488. The van der Waals surface area contributed by atoms with E-state index in [1.807, 2.05) is 0 Å². The standard InChI is InChI=1S/C13H16ClNO4/c1-18-10-5-8(11(15)13(16)17)4-9(14)12(10)19-6-7-2-3-7/h4-5,7,11H,2-3,6,15H2,1H3,(H,16,17). The molecule has 1 atom stereocenters. The second kappa shape index (κ2) is 5.67. The van der Waals surface area contributed by atoms with Gasteiger partial charge in [-0.05, 0) is 36.5 Å². The number of carboxylic acids is 1. The van der Waals surface area contributed by atoms with Gasteiger partial charge in [0.25, 0.3) is 0 Å². The first-order valence-corrected chi connectivity index (χ1v) is 6.39. The summed E-state index contributed by atoms with van der Waals surface area (Å²) in [6, 6.07) is 1.92. The quantitative estimate of drug-likeness (QED) is 0.837. The SMILES string of the molecule is COc1cc(C(N)C(=O)O)cc(Cl)c1OCC1CC1. The molecule has 1 aliphatic carbocycles. The number of aliphatic carboxylic acids is 1. The summed E-state index contributed by atoms with van der Waals surface area (Å²) < 4.78 is 10.8. The average Bonchev–Trinajstić information content (AvgIpc) is 3.19. The molecule has 0 saturated heterocycles. The lowest BCUT2D eigenvalue weighted by Gasteiger charge is -2.15. The Morgan fingerprint density at radius 3 is 2.79 bits per heavy atom. The van der Waals surface area contributed by atoms with Crippen LogP contribution in [0.4, 0.5) is 0 Å². The van der Waals surface area contributed by atoms with Crippen LogP contribution < -0.4 is 15.2 Å². The fourth-order valence-corrected chi connectivity index (χ4v) is 1.96. The van der Waals surface area contributed by atoms with Crippen LogP contribution in [0.5, 0.6) is 11.5 Å². The lowest BCUT2D eigenvalue weighted by atomic mass is 10.1. The zero-order chi connectivity index (χ0) is 14.0. The number of ether oxygens (including phenoxy) is 2. The first-order valence-electron chi connectivity index (χ1n) is 6.01. The molecular weight excluding hydrogens is 270 g/mol. The van der Waals surface area contributed by atoms with Crippen LogP contribution in [0.1, 0.15) is 24.4 Å². The predicted octanol–water partition coefficient (Wildman–Crippen LogP) is 2.22. The van der Waals surface area contributed by atoms with Crippen LogP contribution in [0, 0.1) is 5.92 Å². The van der Waals surface area contributed by atoms with Crippen molar-refractivity contribution < 1.29 is 19.4 Å². The molecule has 5 nitrogen and oxygen atoms in total. The summed E-state index contributed by atoms with van der Waals surface area (Å²) >= 11 is 6.11. The van der Waals surface area contributed by atoms with Gasteiger partial charge in [0.15, 0.2) is 11.5 Å². The number of halogens is 1. The van der Waals surface area contributed by atoms with Crippen molar-refractivity contribution in [2.75, 3.05) is 13.7 Å². The lowest BCUT2D eigenvalue weighted by Crippen LogP contribution is -2.20. The minimum absolute atomic E-state index is 0.312. The first kappa shape index (κ1) is 14.0. The second-order valence-electron chi connectivity index (χ2n) is 4.60. The highest BCUT2D eigenvalue weighted by Crippen LogP contribution is 2.39. The van der Waals surface area contributed by atoms with Crippen molar-refractivity contribution in [3.8, 4) is 11.5 Å². The highest BCUT2D eigenvalue weighted by atomic mass is 35.5. The third kappa shape index (κ3) is 3.30. The van der Waals surface area contributed by atoms with Crippen LogP contribution in [0.2, 0.25) is 5.02 Å². The van der Waals surface area contributed by atoms with Crippen LogP contribution >= 0.6 is 11.6 Å². The largest absolute Gasteiger partial charge is 0.493 e. The maximum atomic E-state index is 10.9. The third-order valence-electron chi connectivity index (χ3n) is 3.04. The zero-order valence-electron chi connectivity index (χ0n) is 10.6. The Morgan fingerprint density at radius 2 is 2.26 bits per heavy atom. The van der Waals surface area contributed by atoms with E-state index in [2.05, 4.69) is 0 Å². The van der Waals surface area contributed by atoms with Crippen molar-refractivity contribution in [3.05, 3.63) is 22.7 Å². The molecule has 6 heteroatoms. The van der Waals surface area contributed by atoms with Crippen molar-refractivity contribution in [3.63, 3.8) is 0 Å². The molecule has 19 heavy (non-hydrogen) atoms. The highest BCUT2D eigenvalue weighted by Gasteiger charge is 2.24. The van der Waals surface area contributed by atoms with Gasteiger partial charge in [0.05, 0.1) is 18.7 Å². The molecule has 1 aliphatic rings.